The summed E-state index contributed by atoms with van der Waals surface area (Å²) in [5.74, 6) is 0. The van der Waals surface area contributed by atoms with Crippen molar-refractivity contribution in [1.82, 2.24) is 0 Å². The Bertz CT molecular complexity index is 1190. The first-order valence-electron chi connectivity index (χ1n) is 9.77. The van der Waals surface area contributed by atoms with Crippen molar-refractivity contribution in [2.24, 2.45) is 0 Å². The fourth-order valence-corrected chi connectivity index (χ4v) is 6.43. The molecule has 0 bridgehead atoms. The van der Waals surface area contributed by atoms with E-state index in [1.807, 2.05) is 37.3 Å². The molecule has 0 saturated heterocycles. The van der Waals surface area contributed by atoms with Crippen molar-refractivity contribution in [3.8, 4) is 6.07 Å². The zero-order chi connectivity index (χ0) is 22.6. The molecule has 0 amide bonds. The summed E-state index contributed by atoms with van der Waals surface area (Å²) in [4.78, 5) is 0.00169. The molecule has 0 atom stereocenters. The number of nitriles is 1. The third kappa shape index (κ3) is 5.20. The van der Waals surface area contributed by atoms with E-state index in [0.29, 0.717) is 17.0 Å². The molecule has 0 N–H and O–H groups in total. The van der Waals surface area contributed by atoms with Crippen LogP contribution in [-0.2, 0) is 16.4 Å². The molecule has 0 spiro atoms. The van der Waals surface area contributed by atoms with E-state index < -0.39 is 22.6 Å². The molecular formula is C22H21F3N2O2S2. The molecule has 1 heterocycles. The van der Waals surface area contributed by atoms with Crippen molar-refractivity contribution in [2.75, 3.05) is 10.8 Å². The highest BCUT2D eigenvalue weighted by molar-refractivity contribution is 7.93. The van der Waals surface area contributed by atoms with Crippen LogP contribution >= 0.6 is 11.3 Å². The number of unbranched alkanes of at least 4 members (excludes halogenated alkanes) is 1. The second-order valence-corrected chi connectivity index (χ2v) is 9.91. The Balaban J connectivity index is 2.03. The van der Waals surface area contributed by atoms with Gasteiger partial charge >= 0.3 is 6.18 Å². The molecule has 1 aromatic heterocycles. The molecule has 9 heteroatoms. The number of hydrogen-bond acceptors (Lipinski definition) is 4. The van der Waals surface area contributed by atoms with Gasteiger partial charge in [0.15, 0.2) is 0 Å². The van der Waals surface area contributed by atoms with E-state index in [1.54, 1.807) is 0 Å². The van der Waals surface area contributed by atoms with E-state index in [1.165, 1.54) is 39.9 Å². The molecule has 0 unspecified atom stereocenters. The predicted molar refractivity (Wildman–Crippen MR) is 117 cm³/mol. The summed E-state index contributed by atoms with van der Waals surface area (Å²) in [5, 5.41) is 10.4. The lowest BCUT2D eigenvalue weighted by Crippen LogP contribution is -2.32. The van der Waals surface area contributed by atoms with Crippen molar-refractivity contribution >= 4 is 36.4 Å². The maximum absolute atomic E-state index is 13.5. The number of alkyl halides is 3. The van der Waals surface area contributed by atoms with E-state index >= 15 is 0 Å². The highest BCUT2D eigenvalue weighted by Crippen LogP contribution is 2.41. The number of sulfonamides is 1. The summed E-state index contributed by atoms with van der Waals surface area (Å²) in [6.07, 6.45) is -4.73. The first kappa shape index (κ1) is 23.1. The number of rotatable bonds is 8. The maximum atomic E-state index is 13.5. The van der Waals surface area contributed by atoms with Gasteiger partial charge in [-0.3, -0.25) is 4.31 Å². The van der Waals surface area contributed by atoms with Gasteiger partial charge < -0.3 is 0 Å². The topological polar surface area (TPSA) is 61.2 Å². The molecule has 3 aromatic rings. The average Bonchev–Trinajstić information content (AvgIpc) is 3.10. The third-order valence-electron chi connectivity index (χ3n) is 4.90. The van der Waals surface area contributed by atoms with Gasteiger partial charge in [0.2, 0.25) is 0 Å². The van der Waals surface area contributed by atoms with Crippen molar-refractivity contribution in [2.45, 2.75) is 43.7 Å². The maximum Gasteiger partial charge on any atom is 0.389 e. The Hall–Kier alpha value is -2.57. The predicted octanol–water partition coefficient (Wildman–Crippen LogP) is 6.26. The zero-order valence-corrected chi connectivity index (χ0v) is 18.4. The minimum atomic E-state index is -4.27. The van der Waals surface area contributed by atoms with E-state index in [4.69, 9.17) is 5.26 Å². The van der Waals surface area contributed by atoms with Crippen LogP contribution in [0.1, 0.15) is 37.3 Å². The SMILES string of the molecule is CCc1c(N(CCCCC(F)(F)F)S(=O)(=O)c2ccc(C#N)cc2)sc2ccccc12. The normalized spacial score (nSPS) is 12.1. The molecule has 2 aromatic carbocycles. The fourth-order valence-electron chi connectivity index (χ4n) is 3.37. The highest BCUT2D eigenvalue weighted by atomic mass is 32.2. The van der Waals surface area contributed by atoms with Gasteiger partial charge in [-0.1, -0.05) is 25.1 Å². The van der Waals surface area contributed by atoms with Crippen LogP contribution in [0.3, 0.4) is 0 Å². The van der Waals surface area contributed by atoms with Crippen LogP contribution in [0.15, 0.2) is 53.4 Å². The summed E-state index contributed by atoms with van der Waals surface area (Å²) in [7, 11) is -4.02. The second-order valence-electron chi connectivity index (χ2n) is 7.02. The van der Waals surface area contributed by atoms with Crippen molar-refractivity contribution < 1.29 is 21.6 Å². The summed E-state index contributed by atoms with van der Waals surface area (Å²) < 4.78 is 66.9. The average molecular weight is 467 g/mol. The van der Waals surface area contributed by atoms with Gasteiger partial charge in [0.1, 0.15) is 5.00 Å². The van der Waals surface area contributed by atoms with Crippen LogP contribution in [0.5, 0.6) is 0 Å². The lowest BCUT2D eigenvalue weighted by molar-refractivity contribution is -0.135. The van der Waals surface area contributed by atoms with Crippen LogP contribution in [0.4, 0.5) is 18.2 Å². The molecule has 0 fully saturated rings. The Morgan fingerprint density at radius 2 is 1.74 bits per heavy atom. The van der Waals surface area contributed by atoms with Gasteiger partial charge in [0.05, 0.1) is 16.5 Å². The number of hydrogen-bond donors (Lipinski definition) is 0. The molecular weight excluding hydrogens is 445 g/mol. The molecule has 0 aliphatic rings. The standard InChI is InChI=1S/C22H21F3N2O2S2/c1-2-18-19-7-3-4-8-20(19)30-21(18)27(14-6-5-13-22(23,24)25)31(28,29)17-11-9-16(15-26)10-12-17/h3-4,7-12H,2,5-6,13-14H2,1H3. The summed E-state index contributed by atoms with van der Waals surface area (Å²) in [5.41, 5.74) is 1.18. The van der Waals surface area contributed by atoms with Crippen LogP contribution in [0.25, 0.3) is 10.1 Å². The van der Waals surface area contributed by atoms with Crippen molar-refractivity contribution in [3.63, 3.8) is 0 Å². The number of nitrogens with zero attached hydrogens (tertiary/aromatic N) is 2. The first-order valence-corrected chi connectivity index (χ1v) is 12.0. The van der Waals surface area contributed by atoms with Crippen LogP contribution in [0.2, 0.25) is 0 Å². The van der Waals surface area contributed by atoms with Crippen molar-refractivity contribution in [1.29, 1.82) is 5.26 Å². The molecule has 4 nitrogen and oxygen atoms in total. The van der Waals surface area contributed by atoms with Gasteiger partial charge in [-0.25, -0.2) is 8.42 Å². The van der Waals surface area contributed by atoms with Gasteiger partial charge in [-0.15, -0.1) is 11.3 Å². The summed E-state index contributed by atoms with van der Waals surface area (Å²) in [6.45, 7) is 1.87. The molecule has 164 valence electrons. The Labute approximate surface area is 183 Å². The number of thiophene rings is 1. The lowest BCUT2D eigenvalue weighted by atomic mass is 10.1. The minimum absolute atomic E-state index is 0.00169. The van der Waals surface area contributed by atoms with Gasteiger partial charge in [0.25, 0.3) is 10.0 Å². The number of halogens is 3. The van der Waals surface area contributed by atoms with E-state index in [9.17, 15) is 21.6 Å². The number of fused-ring (bicyclic) bond motifs is 1. The largest absolute Gasteiger partial charge is 0.389 e. The van der Waals surface area contributed by atoms with Crippen LogP contribution < -0.4 is 4.31 Å². The number of aryl methyl sites for hydroxylation is 1. The zero-order valence-electron chi connectivity index (χ0n) is 16.8. The minimum Gasteiger partial charge on any atom is -0.257 e. The quantitative estimate of drug-likeness (QED) is 0.368. The molecule has 31 heavy (non-hydrogen) atoms. The van der Waals surface area contributed by atoms with Gasteiger partial charge in [-0.2, -0.15) is 18.4 Å². The van der Waals surface area contributed by atoms with Gasteiger partial charge in [0, 0.05) is 17.7 Å². The Kier molecular flexibility index (Phi) is 6.92. The van der Waals surface area contributed by atoms with E-state index in [-0.39, 0.29) is 24.3 Å². The van der Waals surface area contributed by atoms with Crippen LogP contribution in [-0.4, -0.2) is 21.1 Å². The molecule has 3 rings (SSSR count). The Morgan fingerprint density at radius 3 is 2.35 bits per heavy atom. The fraction of sp³-hybridized carbons (Fsp3) is 0.318. The number of anilines is 1. The van der Waals surface area contributed by atoms with E-state index in [2.05, 4.69) is 0 Å². The molecule has 0 aliphatic heterocycles. The lowest BCUT2D eigenvalue weighted by Gasteiger charge is -2.24. The molecule has 0 radical (unpaired) electrons. The summed E-state index contributed by atoms with van der Waals surface area (Å²) >= 11 is 1.32. The highest BCUT2D eigenvalue weighted by Gasteiger charge is 2.30. The molecule has 0 saturated carbocycles. The third-order valence-corrected chi connectivity index (χ3v) is 8.06. The van der Waals surface area contributed by atoms with Crippen LogP contribution in [0, 0.1) is 11.3 Å². The Morgan fingerprint density at radius 1 is 1.06 bits per heavy atom. The van der Waals surface area contributed by atoms with Crippen molar-refractivity contribution in [3.05, 3.63) is 59.7 Å². The number of benzene rings is 2. The van der Waals surface area contributed by atoms with E-state index in [0.717, 1.165) is 15.6 Å². The first-order chi connectivity index (χ1) is 14.7. The smallest absolute Gasteiger partial charge is 0.257 e. The van der Waals surface area contributed by atoms with Gasteiger partial charge in [-0.05, 0) is 60.5 Å². The monoisotopic (exact) mass is 466 g/mol. The summed E-state index contributed by atoms with van der Waals surface area (Å²) in [6, 6.07) is 15.1. The molecule has 0 aliphatic carbocycles. The second kappa shape index (κ2) is 9.28.